The van der Waals surface area contributed by atoms with E-state index in [0.717, 1.165) is 11.3 Å². The third-order valence-corrected chi connectivity index (χ3v) is 5.35. The standard InChI is InChI=1S/C25H23ClN2O4/c1-16-6-9-21(10-7-16)31-13-12-28-22-15-20(8-11-23(22)32-17(2)25(28)30)27-24(29)18-4-3-5-19(26)14-18/h3-11,14-15,17H,12-13H2,1-2H3,(H,27,29). The van der Waals surface area contributed by atoms with Crippen LogP contribution in [-0.4, -0.2) is 31.1 Å². The van der Waals surface area contributed by atoms with Crippen molar-refractivity contribution >= 4 is 34.8 Å². The Bertz CT molecular complexity index is 1150. The molecule has 0 fully saturated rings. The summed E-state index contributed by atoms with van der Waals surface area (Å²) < 4.78 is 11.6. The number of carbonyl (C=O) groups is 2. The van der Waals surface area contributed by atoms with Crippen molar-refractivity contribution in [2.24, 2.45) is 0 Å². The van der Waals surface area contributed by atoms with E-state index in [-0.39, 0.29) is 11.8 Å². The minimum atomic E-state index is -0.603. The average molecular weight is 451 g/mol. The molecule has 164 valence electrons. The Morgan fingerprint density at radius 2 is 1.91 bits per heavy atom. The Hall–Kier alpha value is -3.51. The van der Waals surface area contributed by atoms with Crippen LogP contribution >= 0.6 is 11.6 Å². The lowest BCUT2D eigenvalue weighted by Gasteiger charge is -2.33. The van der Waals surface area contributed by atoms with Crippen molar-refractivity contribution < 1.29 is 19.1 Å². The maximum atomic E-state index is 12.8. The highest BCUT2D eigenvalue weighted by Gasteiger charge is 2.31. The van der Waals surface area contributed by atoms with Crippen LogP contribution in [0.5, 0.6) is 11.5 Å². The van der Waals surface area contributed by atoms with Crippen LogP contribution in [-0.2, 0) is 4.79 Å². The molecule has 1 atom stereocenters. The van der Waals surface area contributed by atoms with Crippen LogP contribution in [0.1, 0.15) is 22.8 Å². The molecule has 0 radical (unpaired) electrons. The lowest BCUT2D eigenvalue weighted by atomic mass is 10.1. The largest absolute Gasteiger partial charge is 0.492 e. The van der Waals surface area contributed by atoms with Gasteiger partial charge in [-0.25, -0.2) is 0 Å². The Labute approximate surface area is 191 Å². The summed E-state index contributed by atoms with van der Waals surface area (Å²) >= 11 is 5.98. The molecular weight excluding hydrogens is 428 g/mol. The maximum Gasteiger partial charge on any atom is 0.267 e. The smallest absolute Gasteiger partial charge is 0.267 e. The highest BCUT2D eigenvalue weighted by molar-refractivity contribution is 6.31. The lowest BCUT2D eigenvalue weighted by Crippen LogP contribution is -2.46. The molecule has 1 aliphatic heterocycles. The maximum absolute atomic E-state index is 12.8. The molecule has 32 heavy (non-hydrogen) atoms. The van der Waals surface area contributed by atoms with Gasteiger partial charge >= 0.3 is 0 Å². The zero-order valence-electron chi connectivity index (χ0n) is 17.8. The van der Waals surface area contributed by atoms with Gasteiger partial charge in [-0.1, -0.05) is 35.4 Å². The summed E-state index contributed by atoms with van der Waals surface area (Å²) in [6.45, 7) is 4.39. The predicted molar refractivity (Wildman–Crippen MR) is 125 cm³/mol. The number of aryl methyl sites for hydroxylation is 1. The van der Waals surface area contributed by atoms with Gasteiger partial charge in [-0.2, -0.15) is 0 Å². The van der Waals surface area contributed by atoms with Gasteiger partial charge in [0.25, 0.3) is 11.8 Å². The number of ether oxygens (including phenoxy) is 2. The second-order valence-corrected chi connectivity index (χ2v) is 7.99. The fraction of sp³-hybridized carbons (Fsp3) is 0.200. The number of hydrogen-bond donors (Lipinski definition) is 1. The van der Waals surface area contributed by atoms with E-state index < -0.39 is 6.10 Å². The fourth-order valence-electron chi connectivity index (χ4n) is 3.44. The summed E-state index contributed by atoms with van der Waals surface area (Å²) in [6.07, 6.45) is -0.603. The van der Waals surface area contributed by atoms with E-state index in [1.54, 1.807) is 54.3 Å². The van der Waals surface area contributed by atoms with Crippen molar-refractivity contribution in [2.75, 3.05) is 23.4 Å². The van der Waals surface area contributed by atoms with Crippen LogP contribution in [0.25, 0.3) is 0 Å². The van der Waals surface area contributed by atoms with Gasteiger partial charge in [0.15, 0.2) is 6.10 Å². The zero-order chi connectivity index (χ0) is 22.7. The molecule has 1 unspecified atom stereocenters. The molecule has 0 spiro atoms. The van der Waals surface area contributed by atoms with Crippen molar-refractivity contribution in [1.29, 1.82) is 0 Å². The molecule has 1 aliphatic rings. The van der Waals surface area contributed by atoms with Gasteiger partial charge < -0.3 is 19.7 Å². The van der Waals surface area contributed by atoms with E-state index in [1.807, 2.05) is 31.2 Å². The summed E-state index contributed by atoms with van der Waals surface area (Å²) in [5, 5.41) is 3.33. The Morgan fingerprint density at radius 3 is 2.66 bits per heavy atom. The number of nitrogens with one attached hydrogen (secondary N) is 1. The third kappa shape index (κ3) is 4.86. The molecule has 0 bridgehead atoms. The van der Waals surface area contributed by atoms with Crippen LogP contribution in [0, 0.1) is 6.92 Å². The van der Waals surface area contributed by atoms with Crippen LogP contribution < -0.4 is 19.7 Å². The van der Waals surface area contributed by atoms with Gasteiger partial charge in [0, 0.05) is 16.3 Å². The first-order valence-electron chi connectivity index (χ1n) is 10.3. The number of benzene rings is 3. The lowest BCUT2D eigenvalue weighted by molar-refractivity contribution is -0.125. The fourth-order valence-corrected chi connectivity index (χ4v) is 3.63. The molecular formula is C25H23ClN2O4. The number of carbonyl (C=O) groups excluding carboxylic acids is 2. The monoisotopic (exact) mass is 450 g/mol. The second kappa shape index (κ2) is 9.32. The molecule has 0 saturated carbocycles. The van der Waals surface area contributed by atoms with E-state index in [1.165, 1.54) is 0 Å². The van der Waals surface area contributed by atoms with Gasteiger partial charge in [0.2, 0.25) is 0 Å². The molecule has 4 rings (SSSR count). The van der Waals surface area contributed by atoms with Gasteiger partial charge in [-0.3, -0.25) is 9.59 Å². The van der Waals surface area contributed by atoms with Gasteiger partial charge in [0.1, 0.15) is 18.1 Å². The summed E-state index contributed by atoms with van der Waals surface area (Å²) in [5.41, 5.74) is 2.73. The number of rotatable bonds is 6. The van der Waals surface area contributed by atoms with Gasteiger partial charge in [0.05, 0.1) is 12.2 Å². The van der Waals surface area contributed by atoms with Crippen molar-refractivity contribution in [3.05, 3.63) is 82.9 Å². The highest BCUT2D eigenvalue weighted by Crippen LogP contribution is 2.36. The van der Waals surface area contributed by atoms with E-state index in [0.29, 0.717) is 40.9 Å². The summed E-state index contributed by atoms with van der Waals surface area (Å²) in [5.74, 6) is 0.863. The van der Waals surface area contributed by atoms with Crippen molar-refractivity contribution in [3.8, 4) is 11.5 Å². The van der Waals surface area contributed by atoms with Crippen molar-refractivity contribution in [1.82, 2.24) is 0 Å². The molecule has 7 heteroatoms. The van der Waals surface area contributed by atoms with Gasteiger partial charge in [-0.05, 0) is 62.4 Å². The first-order valence-corrected chi connectivity index (χ1v) is 10.7. The van der Waals surface area contributed by atoms with E-state index in [4.69, 9.17) is 21.1 Å². The molecule has 3 aromatic carbocycles. The highest BCUT2D eigenvalue weighted by atomic mass is 35.5. The number of halogens is 1. The quantitative estimate of drug-likeness (QED) is 0.567. The zero-order valence-corrected chi connectivity index (χ0v) is 18.6. The van der Waals surface area contributed by atoms with Crippen molar-refractivity contribution in [2.45, 2.75) is 20.0 Å². The number of amides is 2. The number of fused-ring (bicyclic) bond motifs is 1. The summed E-state index contributed by atoms with van der Waals surface area (Å²) in [7, 11) is 0. The number of hydrogen-bond acceptors (Lipinski definition) is 4. The SMILES string of the molecule is Cc1ccc(OCCN2C(=O)C(C)Oc3ccc(NC(=O)c4cccc(Cl)c4)cc32)cc1. The van der Waals surface area contributed by atoms with E-state index >= 15 is 0 Å². The Kier molecular flexibility index (Phi) is 6.32. The number of anilines is 2. The topological polar surface area (TPSA) is 67.9 Å². The Morgan fingerprint density at radius 1 is 1.12 bits per heavy atom. The summed E-state index contributed by atoms with van der Waals surface area (Å²) in [6, 6.07) is 19.7. The number of nitrogens with zero attached hydrogens (tertiary/aromatic N) is 1. The molecule has 0 aromatic heterocycles. The van der Waals surface area contributed by atoms with E-state index in [2.05, 4.69) is 5.32 Å². The second-order valence-electron chi connectivity index (χ2n) is 7.56. The predicted octanol–water partition coefficient (Wildman–Crippen LogP) is 5.09. The van der Waals surface area contributed by atoms with Gasteiger partial charge in [-0.15, -0.1) is 0 Å². The molecule has 6 nitrogen and oxygen atoms in total. The van der Waals surface area contributed by atoms with E-state index in [9.17, 15) is 9.59 Å². The average Bonchev–Trinajstić information content (AvgIpc) is 2.78. The van der Waals surface area contributed by atoms with Crippen LogP contribution in [0.2, 0.25) is 5.02 Å². The minimum Gasteiger partial charge on any atom is -0.492 e. The third-order valence-electron chi connectivity index (χ3n) is 5.12. The molecule has 2 amide bonds. The first kappa shape index (κ1) is 21.7. The van der Waals surface area contributed by atoms with Crippen LogP contribution in [0.3, 0.4) is 0 Å². The molecule has 1 N–H and O–H groups in total. The Balaban J connectivity index is 1.51. The molecule has 0 saturated heterocycles. The minimum absolute atomic E-state index is 0.164. The molecule has 3 aromatic rings. The van der Waals surface area contributed by atoms with Crippen LogP contribution in [0.15, 0.2) is 66.7 Å². The normalized spacial score (nSPS) is 15.0. The molecule has 1 heterocycles. The first-order chi connectivity index (χ1) is 15.4. The van der Waals surface area contributed by atoms with Crippen LogP contribution in [0.4, 0.5) is 11.4 Å². The summed E-state index contributed by atoms with van der Waals surface area (Å²) in [4.78, 5) is 27.0. The molecule has 0 aliphatic carbocycles. The van der Waals surface area contributed by atoms with Crippen molar-refractivity contribution in [3.63, 3.8) is 0 Å².